The number of carbonyl (C=O) groups is 3. The van der Waals surface area contributed by atoms with Crippen molar-refractivity contribution in [3.8, 4) is 5.75 Å². The molecule has 3 aliphatic rings. The zero-order chi connectivity index (χ0) is 28.8. The summed E-state index contributed by atoms with van der Waals surface area (Å²) in [7, 11) is 0. The van der Waals surface area contributed by atoms with Crippen molar-refractivity contribution in [3.63, 3.8) is 0 Å². The molecule has 0 spiro atoms. The standard InChI is InChI=1S/C25H27N3O4.C7H8FN/c29-23-11-10-22(24(30)26-23)28-15-18-13-19(8-9-21(18)25(28)31)32-20-7-4-12-27(16-20)14-17-5-2-1-3-6-17;8-7-3-1-6(5-9)2-4-7/h1-3,5-6,8-9,13,20,22H,4,7,10-12,14-16H2,(H,26,29,30);1-4H,5,9H2. The van der Waals surface area contributed by atoms with Gasteiger partial charge in [-0.2, -0.15) is 0 Å². The summed E-state index contributed by atoms with van der Waals surface area (Å²) in [5.74, 6) is -0.285. The van der Waals surface area contributed by atoms with E-state index in [9.17, 15) is 18.8 Å². The second kappa shape index (κ2) is 13.1. The minimum atomic E-state index is -0.596. The quantitative estimate of drug-likeness (QED) is 0.447. The highest BCUT2D eigenvalue weighted by molar-refractivity contribution is 6.05. The van der Waals surface area contributed by atoms with E-state index < -0.39 is 6.04 Å². The summed E-state index contributed by atoms with van der Waals surface area (Å²) in [4.78, 5) is 40.5. The second-order valence-electron chi connectivity index (χ2n) is 10.7. The molecule has 0 bridgehead atoms. The number of nitrogens with one attached hydrogen (secondary N) is 1. The van der Waals surface area contributed by atoms with Gasteiger partial charge in [0.15, 0.2) is 0 Å². The molecule has 2 unspecified atom stereocenters. The summed E-state index contributed by atoms with van der Waals surface area (Å²) in [5.41, 5.74) is 9.01. The average molecular weight is 559 g/mol. The van der Waals surface area contributed by atoms with E-state index in [4.69, 9.17) is 10.5 Å². The summed E-state index contributed by atoms with van der Waals surface area (Å²) >= 11 is 0. The van der Waals surface area contributed by atoms with Gasteiger partial charge in [-0.05, 0) is 72.8 Å². The lowest BCUT2D eigenvalue weighted by molar-refractivity contribution is -0.136. The fraction of sp³-hybridized carbons (Fsp3) is 0.344. The molecule has 3 aliphatic heterocycles. The van der Waals surface area contributed by atoms with E-state index in [1.54, 1.807) is 23.1 Å². The molecule has 0 radical (unpaired) electrons. The number of nitrogens with two attached hydrogens (primary N) is 1. The molecular formula is C32H35FN4O4. The summed E-state index contributed by atoms with van der Waals surface area (Å²) in [6.07, 6.45) is 2.82. The van der Waals surface area contributed by atoms with Crippen LogP contribution in [0.4, 0.5) is 4.39 Å². The average Bonchev–Trinajstić information content (AvgIpc) is 3.29. The molecule has 41 heavy (non-hydrogen) atoms. The number of benzene rings is 3. The maximum atomic E-state index is 12.9. The minimum absolute atomic E-state index is 0.105. The Balaban J connectivity index is 0.000000321. The van der Waals surface area contributed by atoms with Crippen LogP contribution in [0.1, 0.15) is 52.7 Å². The number of nitrogens with zero attached hydrogens (tertiary/aromatic N) is 2. The van der Waals surface area contributed by atoms with E-state index in [1.165, 1.54) is 17.7 Å². The molecule has 3 aromatic rings. The molecular weight excluding hydrogens is 523 g/mol. The van der Waals surface area contributed by atoms with E-state index in [-0.39, 0.29) is 36.1 Å². The molecule has 3 aromatic carbocycles. The number of likely N-dealkylation sites (tertiary alicyclic amines) is 1. The first-order valence-corrected chi connectivity index (χ1v) is 14.0. The van der Waals surface area contributed by atoms with Crippen molar-refractivity contribution in [1.29, 1.82) is 0 Å². The van der Waals surface area contributed by atoms with Crippen LogP contribution in [0.2, 0.25) is 0 Å². The molecule has 3 amide bonds. The van der Waals surface area contributed by atoms with E-state index in [2.05, 4.69) is 34.5 Å². The maximum absolute atomic E-state index is 12.9. The van der Waals surface area contributed by atoms with Crippen LogP contribution in [0, 0.1) is 5.82 Å². The second-order valence-corrected chi connectivity index (χ2v) is 10.7. The molecule has 9 heteroatoms. The maximum Gasteiger partial charge on any atom is 0.255 e. The minimum Gasteiger partial charge on any atom is -0.489 e. The number of hydrogen-bond acceptors (Lipinski definition) is 6. The van der Waals surface area contributed by atoms with E-state index in [1.807, 2.05) is 18.2 Å². The Morgan fingerprint density at radius 2 is 1.73 bits per heavy atom. The van der Waals surface area contributed by atoms with Crippen molar-refractivity contribution < 1.29 is 23.5 Å². The fourth-order valence-corrected chi connectivity index (χ4v) is 5.53. The van der Waals surface area contributed by atoms with Crippen molar-refractivity contribution in [2.24, 2.45) is 5.73 Å². The summed E-state index contributed by atoms with van der Waals surface area (Å²) in [6.45, 7) is 3.69. The Kier molecular flexibility index (Phi) is 9.06. The molecule has 2 saturated heterocycles. The monoisotopic (exact) mass is 558 g/mol. The Bertz CT molecular complexity index is 1380. The lowest BCUT2D eigenvalue weighted by atomic mass is 10.0. The van der Waals surface area contributed by atoms with Crippen molar-refractivity contribution in [3.05, 3.63) is 101 Å². The van der Waals surface area contributed by atoms with Gasteiger partial charge in [-0.15, -0.1) is 0 Å². The van der Waals surface area contributed by atoms with Crippen molar-refractivity contribution in [1.82, 2.24) is 15.1 Å². The molecule has 3 N–H and O–H groups in total. The first-order chi connectivity index (χ1) is 19.9. The van der Waals surface area contributed by atoms with Crippen LogP contribution in [0.15, 0.2) is 72.8 Å². The smallest absolute Gasteiger partial charge is 0.255 e. The Labute approximate surface area is 239 Å². The third-order valence-electron chi connectivity index (χ3n) is 7.66. The van der Waals surface area contributed by atoms with Crippen molar-refractivity contribution >= 4 is 17.7 Å². The molecule has 0 aromatic heterocycles. The van der Waals surface area contributed by atoms with Gasteiger partial charge in [-0.3, -0.25) is 24.6 Å². The van der Waals surface area contributed by atoms with Gasteiger partial charge in [0.1, 0.15) is 23.7 Å². The van der Waals surface area contributed by atoms with Crippen LogP contribution in [0.25, 0.3) is 0 Å². The molecule has 8 nitrogen and oxygen atoms in total. The lowest BCUT2D eigenvalue weighted by Crippen LogP contribution is -2.52. The van der Waals surface area contributed by atoms with Crippen LogP contribution >= 0.6 is 0 Å². The summed E-state index contributed by atoms with van der Waals surface area (Å²) in [5, 5.41) is 2.34. The number of piperidine rings is 2. The van der Waals surface area contributed by atoms with E-state index >= 15 is 0 Å². The topological polar surface area (TPSA) is 105 Å². The number of rotatable bonds is 6. The van der Waals surface area contributed by atoms with Crippen LogP contribution in [0.5, 0.6) is 5.75 Å². The van der Waals surface area contributed by atoms with E-state index in [0.717, 1.165) is 49.4 Å². The Morgan fingerprint density at radius 3 is 2.46 bits per heavy atom. The van der Waals surface area contributed by atoms with Crippen LogP contribution in [-0.4, -0.2) is 52.8 Å². The van der Waals surface area contributed by atoms with Gasteiger partial charge < -0.3 is 15.4 Å². The predicted molar refractivity (Wildman–Crippen MR) is 152 cm³/mol. The van der Waals surface area contributed by atoms with Crippen LogP contribution < -0.4 is 15.8 Å². The van der Waals surface area contributed by atoms with Gasteiger partial charge in [0, 0.05) is 38.2 Å². The number of hydrogen-bond donors (Lipinski definition) is 2. The fourth-order valence-electron chi connectivity index (χ4n) is 5.53. The van der Waals surface area contributed by atoms with Crippen LogP contribution in [0.3, 0.4) is 0 Å². The van der Waals surface area contributed by atoms with E-state index in [0.29, 0.717) is 25.1 Å². The highest BCUT2D eigenvalue weighted by atomic mass is 19.1. The first-order valence-electron chi connectivity index (χ1n) is 14.0. The van der Waals surface area contributed by atoms with Gasteiger partial charge in [0.25, 0.3) is 5.91 Å². The molecule has 3 heterocycles. The number of imide groups is 1. The molecule has 2 fully saturated rings. The SMILES string of the molecule is NCc1ccc(F)cc1.O=C1CCC(N2Cc3cc(OC4CCCN(Cc5ccccc5)C4)ccc3C2=O)C(=O)N1. The predicted octanol–water partition coefficient (Wildman–Crippen LogP) is 3.78. The normalized spacial score (nSPS) is 20.6. The molecule has 214 valence electrons. The highest BCUT2D eigenvalue weighted by Crippen LogP contribution is 2.31. The molecule has 0 aliphatic carbocycles. The number of fused-ring (bicyclic) bond motifs is 1. The Hall–Kier alpha value is -4.08. The van der Waals surface area contributed by atoms with Crippen LogP contribution in [-0.2, 0) is 29.2 Å². The summed E-state index contributed by atoms with van der Waals surface area (Å²) in [6, 6.07) is 21.6. The molecule has 0 saturated carbocycles. The van der Waals surface area contributed by atoms with Gasteiger partial charge in [0.05, 0.1) is 0 Å². The van der Waals surface area contributed by atoms with Gasteiger partial charge >= 0.3 is 0 Å². The summed E-state index contributed by atoms with van der Waals surface area (Å²) < 4.78 is 18.5. The lowest BCUT2D eigenvalue weighted by Gasteiger charge is -2.33. The van der Waals surface area contributed by atoms with Gasteiger partial charge in [0.2, 0.25) is 11.8 Å². The number of ether oxygens (including phenoxy) is 1. The van der Waals surface area contributed by atoms with Gasteiger partial charge in [-0.25, -0.2) is 4.39 Å². The van der Waals surface area contributed by atoms with Crippen molar-refractivity contribution in [2.45, 2.75) is 57.5 Å². The third-order valence-corrected chi connectivity index (χ3v) is 7.66. The van der Waals surface area contributed by atoms with Crippen molar-refractivity contribution in [2.75, 3.05) is 13.1 Å². The third kappa shape index (κ3) is 7.17. The largest absolute Gasteiger partial charge is 0.489 e. The zero-order valence-corrected chi connectivity index (χ0v) is 22.9. The molecule has 6 rings (SSSR count). The number of halogens is 1. The first kappa shape index (κ1) is 28.4. The van der Waals surface area contributed by atoms with Gasteiger partial charge in [-0.1, -0.05) is 42.5 Å². The zero-order valence-electron chi connectivity index (χ0n) is 22.9. The Morgan fingerprint density at radius 1 is 0.951 bits per heavy atom. The number of carbonyl (C=O) groups excluding carboxylic acids is 3. The number of amides is 3. The molecule has 2 atom stereocenters. The highest BCUT2D eigenvalue weighted by Gasteiger charge is 2.39.